The van der Waals surface area contributed by atoms with E-state index >= 15 is 0 Å². The Bertz CT molecular complexity index is 465. The topological polar surface area (TPSA) is 73.6 Å². The summed E-state index contributed by atoms with van der Waals surface area (Å²) in [5.74, 6) is 0.732. The van der Waals surface area contributed by atoms with E-state index in [9.17, 15) is 4.79 Å². The van der Waals surface area contributed by atoms with E-state index in [1.807, 2.05) is 33.8 Å². The van der Waals surface area contributed by atoms with Gasteiger partial charge in [0, 0.05) is 11.7 Å². The zero-order valence-electron chi connectivity index (χ0n) is 12.8. The van der Waals surface area contributed by atoms with Gasteiger partial charge >= 0.3 is 6.09 Å². The zero-order valence-corrected chi connectivity index (χ0v) is 12.8. The fraction of sp³-hybridized carbons (Fsp3) is 0.533. The van der Waals surface area contributed by atoms with Gasteiger partial charge in [0.1, 0.15) is 11.4 Å². The molecule has 112 valence electrons. The van der Waals surface area contributed by atoms with Crippen LogP contribution in [-0.2, 0) is 11.2 Å². The summed E-state index contributed by atoms with van der Waals surface area (Å²) in [6.45, 7) is 7.38. The second-order valence-electron chi connectivity index (χ2n) is 5.83. The van der Waals surface area contributed by atoms with Gasteiger partial charge in [0.2, 0.25) is 0 Å². The second kappa shape index (κ2) is 6.61. The quantitative estimate of drug-likeness (QED) is 0.889. The molecular weight excluding hydrogens is 256 g/mol. The predicted molar refractivity (Wildman–Crippen MR) is 80.2 cm³/mol. The Morgan fingerprint density at radius 3 is 2.55 bits per heavy atom. The minimum Gasteiger partial charge on any atom is -0.497 e. The fourth-order valence-corrected chi connectivity index (χ4v) is 1.75. The van der Waals surface area contributed by atoms with Crippen LogP contribution < -0.4 is 15.8 Å². The van der Waals surface area contributed by atoms with Gasteiger partial charge in [0.05, 0.1) is 7.11 Å². The molecule has 0 aliphatic carbocycles. The molecule has 0 spiro atoms. The van der Waals surface area contributed by atoms with Gasteiger partial charge in [-0.2, -0.15) is 0 Å². The molecule has 0 aliphatic rings. The van der Waals surface area contributed by atoms with Crippen LogP contribution in [0.25, 0.3) is 0 Å². The van der Waals surface area contributed by atoms with E-state index in [0.717, 1.165) is 11.3 Å². The van der Waals surface area contributed by atoms with Gasteiger partial charge in [-0.05, 0) is 57.9 Å². The summed E-state index contributed by atoms with van der Waals surface area (Å²) in [6, 6.07) is 5.44. The largest absolute Gasteiger partial charge is 0.497 e. The molecule has 3 N–H and O–H groups in total. The Morgan fingerprint density at radius 1 is 1.40 bits per heavy atom. The average Bonchev–Trinajstić information content (AvgIpc) is 2.28. The third kappa shape index (κ3) is 5.48. The van der Waals surface area contributed by atoms with E-state index in [1.54, 1.807) is 19.2 Å². The standard InChI is InChI=1S/C15H24N2O3/c1-10(16)8-11-9-12(19-5)6-7-13(11)17-14(18)20-15(2,3)4/h6-7,9-10H,8,16H2,1-5H3,(H,17,18)/t10-/m1/s1. The lowest BCUT2D eigenvalue weighted by molar-refractivity contribution is 0.0635. The number of ether oxygens (including phenoxy) is 2. The molecule has 0 saturated heterocycles. The highest BCUT2D eigenvalue weighted by Gasteiger charge is 2.17. The Balaban J connectivity index is 2.90. The third-order valence-electron chi connectivity index (χ3n) is 2.49. The molecule has 1 atom stereocenters. The van der Waals surface area contributed by atoms with Gasteiger partial charge in [0.25, 0.3) is 0 Å². The van der Waals surface area contributed by atoms with Crippen LogP contribution in [0.1, 0.15) is 33.3 Å². The summed E-state index contributed by atoms with van der Waals surface area (Å²) in [5, 5.41) is 2.75. The molecule has 5 heteroatoms. The maximum Gasteiger partial charge on any atom is 0.412 e. The van der Waals surface area contributed by atoms with E-state index < -0.39 is 11.7 Å². The van der Waals surface area contributed by atoms with Crippen LogP contribution >= 0.6 is 0 Å². The summed E-state index contributed by atoms with van der Waals surface area (Å²) >= 11 is 0. The summed E-state index contributed by atoms with van der Waals surface area (Å²) < 4.78 is 10.4. The van der Waals surface area contributed by atoms with Gasteiger partial charge in [-0.3, -0.25) is 5.32 Å². The van der Waals surface area contributed by atoms with Crippen LogP contribution in [0.3, 0.4) is 0 Å². The lowest BCUT2D eigenvalue weighted by atomic mass is 10.1. The van der Waals surface area contributed by atoms with Gasteiger partial charge < -0.3 is 15.2 Å². The molecule has 20 heavy (non-hydrogen) atoms. The number of carbonyl (C=O) groups excluding carboxylic acids is 1. The van der Waals surface area contributed by atoms with Crippen LogP contribution in [0.5, 0.6) is 5.75 Å². The molecule has 1 aromatic carbocycles. The molecule has 0 unspecified atom stereocenters. The Kier molecular flexibility index (Phi) is 5.39. The monoisotopic (exact) mass is 280 g/mol. The van der Waals surface area contributed by atoms with Crippen molar-refractivity contribution in [2.75, 3.05) is 12.4 Å². The minimum absolute atomic E-state index is 0.0127. The Morgan fingerprint density at radius 2 is 2.05 bits per heavy atom. The Labute approximate surface area is 120 Å². The SMILES string of the molecule is COc1ccc(NC(=O)OC(C)(C)C)c(C[C@@H](C)N)c1. The van der Waals surface area contributed by atoms with Crippen molar-refractivity contribution in [1.82, 2.24) is 0 Å². The molecule has 0 radical (unpaired) electrons. The second-order valence-corrected chi connectivity index (χ2v) is 5.83. The highest BCUT2D eigenvalue weighted by molar-refractivity contribution is 5.86. The number of carbonyl (C=O) groups is 1. The molecule has 0 aromatic heterocycles. The predicted octanol–water partition coefficient (Wildman–Crippen LogP) is 2.93. The molecule has 1 rings (SSSR count). The van der Waals surface area contributed by atoms with E-state index in [4.69, 9.17) is 15.2 Å². The van der Waals surface area contributed by atoms with Crippen LogP contribution in [0, 0.1) is 0 Å². The molecule has 1 amide bonds. The van der Waals surface area contributed by atoms with Crippen molar-refractivity contribution in [2.24, 2.45) is 5.73 Å². The van der Waals surface area contributed by atoms with Crippen molar-refractivity contribution in [3.63, 3.8) is 0 Å². The van der Waals surface area contributed by atoms with E-state index in [2.05, 4.69) is 5.32 Å². The molecule has 0 aliphatic heterocycles. The van der Waals surface area contributed by atoms with Gasteiger partial charge in [-0.25, -0.2) is 4.79 Å². The van der Waals surface area contributed by atoms with Crippen LogP contribution in [0.15, 0.2) is 18.2 Å². The molecule has 0 fully saturated rings. The van der Waals surface area contributed by atoms with E-state index in [-0.39, 0.29) is 6.04 Å². The van der Waals surface area contributed by atoms with Crippen molar-refractivity contribution >= 4 is 11.8 Å². The zero-order chi connectivity index (χ0) is 15.3. The molecule has 0 saturated carbocycles. The van der Waals surface area contributed by atoms with Crippen LogP contribution in [-0.4, -0.2) is 24.8 Å². The molecular formula is C15H24N2O3. The van der Waals surface area contributed by atoms with Crippen LogP contribution in [0.4, 0.5) is 10.5 Å². The summed E-state index contributed by atoms with van der Waals surface area (Å²) in [7, 11) is 1.60. The average molecular weight is 280 g/mol. The third-order valence-corrected chi connectivity index (χ3v) is 2.49. The minimum atomic E-state index is -0.530. The molecule has 0 heterocycles. The number of rotatable bonds is 4. The molecule has 1 aromatic rings. The number of benzene rings is 1. The fourth-order valence-electron chi connectivity index (χ4n) is 1.75. The van der Waals surface area contributed by atoms with Crippen molar-refractivity contribution < 1.29 is 14.3 Å². The lowest BCUT2D eigenvalue weighted by Gasteiger charge is -2.21. The smallest absolute Gasteiger partial charge is 0.412 e. The van der Waals surface area contributed by atoms with Crippen molar-refractivity contribution in [3.05, 3.63) is 23.8 Å². The van der Waals surface area contributed by atoms with Crippen LogP contribution in [0.2, 0.25) is 0 Å². The first-order valence-electron chi connectivity index (χ1n) is 6.64. The first-order valence-corrected chi connectivity index (χ1v) is 6.64. The number of hydrogen-bond acceptors (Lipinski definition) is 4. The van der Waals surface area contributed by atoms with E-state index in [1.165, 1.54) is 0 Å². The summed E-state index contributed by atoms with van der Waals surface area (Å²) in [4.78, 5) is 11.8. The maximum atomic E-state index is 11.8. The van der Waals surface area contributed by atoms with E-state index in [0.29, 0.717) is 12.1 Å². The number of anilines is 1. The summed E-state index contributed by atoms with van der Waals surface area (Å²) in [6.07, 6.45) is 0.163. The number of nitrogens with two attached hydrogens (primary N) is 1. The van der Waals surface area contributed by atoms with Crippen molar-refractivity contribution in [2.45, 2.75) is 45.8 Å². The number of amides is 1. The molecule has 5 nitrogen and oxygen atoms in total. The van der Waals surface area contributed by atoms with Gasteiger partial charge in [-0.1, -0.05) is 0 Å². The van der Waals surface area contributed by atoms with Crippen molar-refractivity contribution in [1.29, 1.82) is 0 Å². The molecule has 0 bridgehead atoms. The maximum absolute atomic E-state index is 11.8. The highest BCUT2D eigenvalue weighted by Crippen LogP contribution is 2.24. The number of hydrogen-bond donors (Lipinski definition) is 2. The summed E-state index contributed by atoms with van der Waals surface area (Å²) in [5.41, 5.74) is 6.92. The van der Waals surface area contributed by atoms with Crippen molar-refractivity contribution in [3.8, 4) is 5.75 Å². The number of nitrogens with one attached hydrogen (secondary N) is 1. The first kappa shape index (κ1) is 16.3. The Hall–Kier alpha value is -1.75. The highest BCUT2D eigenvalue weighted by atomic mass is 16.6. The van der Waals surface area contributed by atoms with Gasteiger partial charge in [-0.15, -0.1) is 0 Å². The number of methoxy groups -OCH3 is 1. The van der Waals surface area contributed by atoms with Gasteiger partial charge in [0.15, 0.2) is 0 Å². The first-order chi connectivity index (χ1) is 9.21. The lowest BCUT2D eigenvalue weighted by Crippen LogP contribution is -2.28. The normalized spacial score (nSPS) is 12.7.